The van der Waals surface area contributed by atoms with Crippen LogP contribution >= 0.6 is 23.2 Å². The van der Waals surface area contributed by atoms with Crippen LogP contribution in [0.5, 0.6) is 0 Å². The molecule has 3 N–H and O–H groups in total. The molecule has 174 valence electrons. The van der Waals surface area contributed by atoms with Crippen molar-refractivity contribution in [3.05, 3.63) is 28.2 Å². The number of halogens is 2. The van der Waals surface area contributed by atoms with Crippen molar-refractivity contribution in [3.63, 3.8) is 0 Å². The smallest absolute Gasteiger partial charge is 0.243 e. The Balaban J connectivity index is 1.35. The number of primary amides is 1. The first-order valence-corrected chi connectivity index (χ1v) is 13.6. The van der Waals surface area contributed by atoms with Crippen LogP contribution in [0, 0.1) is 29.1 Å². The minimum atomic E-state index is -4.01. The quantitative estimate of drug-likeness (QED) is 0.590. The lowest BCUT2D eigenvalue weighted by Crippen LogP contribution is -2.61. The molecular weight excluding hydrogens is 471 g/mol. The molecule has 1 aromatic carbocycles. The molecule has 0 aromatic heterocycles. The summed E-state index contributed by atoms with van der Waals surface area (Å²) in [6.07, 6.45) is 6.62. The Hall–Kier alpha value is -1.15. The standard InChI is InChI=1S/C23H28Cl2N2O4S/c24-17-3-1-4-18(20(17)25)32(30,31)27-23(5-2-6-23)19(28)9-16-14-7-13-8-15(16)12-22(10-13,11-14)21(26)29/h1,3-4,13-16,27H,2,5-12H2,(H2,26,29). The number of nitrogens with two attached hydrogens (primary N) is 1. The van der Waals surface area contributed by atoms with E-state index in [1.54, 1.807) is 0 Å². The summed E-state index contributed by atoms with van der Waals surface area (Å²) in [6.45, 7) is 0. The lowest BCUT2D eigenvalue weighted by atomic mass is 9.45. The monoisotopic (exact) mass is 498 g/mol. The van der Waals surface area contributed by atoms with Gasteiger partial charge in [-0.1, -0.05) is 29.3 Å². The molecule has 2 atom stereocenters. The van der Waals surface area contributed by atoms with E-state index in [1.165, 1.54) is 18.2 Å². The summed E-state index contributed by atoms with van der Waals surface area (Å²) < 4.78 is 28.9. The van der Waals surface area contributed by atoms with Crippen LogP contribution < -0.4 is 10.5 Å². The van der Waals surface area contributed by atoms with Crippen molar-refractivity contribution in [2.24, 2.45) is 34.8 Å². The average Bonchev–Trinajstić information content (AvgIpc) is 2.68. The maximum Gasteiger partial charge on any atom is 0.243 e. The van der Waals surface area contributed by atoms with E-state index in [4.69, 9.17) is 28.9 Å². The van der Waals surface area contributed by atoms with Crippen LogP contribution in [-0.2, 0) is 19.6 Å². The molecule has 5 aliphatic carbocycles. The Kier molecular flexibility index (Phi) is 5.44. The van der Waals surface area contributed by atoms with Gasteiger partial charge in [0.25, 0.3) is 0 Å². The van der Waals surface area contributed by atoms with Gasteiger partial charge in [0.1, 0.15) is 4.90 Å². The number of benzene rings is 1. The van der Waals surface area contributed by atoms with E-state index < -0.39 is 21.0 Å². The molecule has 0 spiro atoms. The molecule has 2 unspecified atom stereocenters. The summed E-state index contributed by atoms with van der Waals surface area (Å²) in [5.74, 6) is 1.11. The van der Waals surface area contributed by atoms with Crippen LogP contribution in [0.1, 0.15) is 57.8 Å². The van der Waals surface area contributed by atoms with Gasteiger partial charge in [-0.25, -0.2) is 8.42 Å². The summed E-state index contributed by atoms with van der Waals surface area (Å²) in [5, 5.41) is 0.113. The molecule has 0 radical (unpaired) electrons. The zero-order chi connectivity index (χ0) is 22.9. The first-order valence-electron chi connectivity index (χ1n) is 11.4. The number of hydrogen-bond acceptors (Lipinski definition) is 4. The molecule has 1 aromatic rings. The van der Waals surface area contributed by atoms with Gasteiger partial charge in [0.15, 0.2) is 5.78 Å². The molecule has 0 aliphatic heterocycles. The predicted octanol–water partition coefficient (Wildman–Crippen LogP) is 4.08. The number of carbonyl (C=O) groups is 2. The normalized spacial score (nSPS) is 34.8. The van der Waals surface area contributed by atoms with Crippen molar-refractivity contribution in [2.45, 2.75) is 68.2 Å². The molecule has 9 heteroatoms. The summed E-state index contributed by atoms with van der Waals surface area (Å²) in [5.41, 5.74) is 4.31. The van der Waals surface area contributed by atoms with Gasteiger partial charge in [-0.3, -0.25) is 9.59 Å². The summed E-state index contributed by atoms with van der Waals surface area (Å²) >= 11 is 12.2. The molecular formula is C23H28Cl2N2O4S. The highest BCUT2D eigenvalue weighted by atomic mass is 35.5. The van der Waals surface area contributed by atoms with Crippen molar-refractivity contribution >= 4 is 44.9 Å². The van der Waals surface area contributed by atoms with E-state index in [0.717, 1.165) is 38.5 Å². The van der Waals surface area contributed by atoms with E-state index in [2.05, 4.69) is 4.72 Å². The van der Waals surface area contributed by atoms with Crippen LogP contribution in [-0.4, -0.2) is 25.6 Å². The Morgan fingerprint density at radius 2 is 1.75 bits per heavy atom. The van der Waals surface area contributed by atoms with Crippen LogP contribution in [0.2, 0.25) is 10.0 Å². The highest BCUT2D eigenvalue weighted by Gasteiger charge is 2.59. The second kappa shape index (κ2) is 7.69. The van der Waals surface area contributed by atoms with Crippen LogP contribution in [0.15, 0.2) is 23.1 Å². The first-order chi connectivity index (χ1) is 15.1. The fourth-order valence-corrected chi connectivity index (χ4v) is 9.35. The molecule has 6 rings (SSSR count). The largest absolute Gasteiger partial charge is 0.369 e. The molecule has 1 amide bonds. The summed E-state index contributed by atoms with van der Waals surface area (Å²) in [6, 6.07) is 4.45. The minimum absolute atomic E-state index is 0.0404. The predicted molar refractivity (Wildman–Crippen MR) is 122 cm³/mol. The maximum absolute atomic E-state index is 13.5. The number of sulfonamides is 1. The third-order valence-electron chi connectivity index (χ3n) is 8.69. The zero-order valence-corrected chi connectivity index (χ0v) is 20.1. The topological polar surface area (TPSA) is 106 Å². The van der Waals surface area contributed by atoms with Crippen LogP contribution in [0.25, 0.3) is 0 Å². The van der Waals surface area contributed by atoms with E-state index in [0.29, 0.717) is 37.0 Å². The van der Waals surface area contributed by atoms with Crippen molar-refractivity contribution in [1.82, 2.24) is 4.72 Å². The van der Waals surface area contributed by atoms with E-state index >= 15 is 0 Å². The van der Waals surface area contributed by atoms with E-state index in [9.17, 15) is 18.0 Å². The number of rotatable bonds is 7. The number of amides is 1. The fourth-order valence-electron chi connectivity index (χ4n) is 7.15. The zero-order valence-electron chi connectivity index (χ0n) is 17.8. The molecule has 32 heavy (non-hydrogen) atoms. The van der Waals surface area contributed by atoms with Crippen molar-refractivity contribution in [2.75, 3.05) is 0 Å². The summed E-state index contributed by atoms with van der Waals surface area (Å²) in [7, 11) is -4.01. The van der Waals surface area contributed by atoms with Gasteiger partial charge in [0, 0.05) is 11.8 Å². The Bertz CT molecular complexity index is 1070. The third kappa shape index (κ3) is 3.51. The lowest BCUT2D eigenvalue weighted by Gasteiger charge is -2.59. The third-order valence-corrected chi connectivity index (χ3v) is 11.2. The van der Waals surface area contributed by atoms with Crippen molar-refractivity contribution in [3.8, 4) is 0 Å². The number of Topliss-reactive ketones (excluding diaryl/α,β-unsaturated/α-hetero) is 1. The molecule has 5 aliphatic rings. The van der Waals surface area contributed by atoms with Gasteiger partial charge in [-0.2, -0.15) is 4.72 Å². The Morgan fingerprint density at radius 1 is 1.09 bits per heavy atom. The number of hydrogen-bond donors (Lipinski definition) is 2. The van der Waals surface area contributed by atoms with Crippen LogP contribution in [0.4, 0.5) is 0 Å². The first kappa shape index (κ1) is 22.6. The van der Waals surface area contributed by atoms with Gasteiger partial charge in [0.05, 0.1) is 15.6 Å². The van der Waals surface area contributed by atoms with Crippen molar-refractivity contribution in [1.29, 1.82) is 0 Å². The Labute approximate surface area is 198 Å². The maximum atomic E-state index is 13.5. The SMILES string of the molecule is NC(=O)C12CC3CC(C1)C(CC(=O)C1(NS(=O)(=O)c4cccc(Cl)c4Cl)CCC1)C(C3)C2. The highest BCUT2D eigenvalue weighted by Crippen LogP contribution is 2.63. The van der Waals surface area contributed by atoms with Gasteiger partial charge in [-0.15, -0.1) is 0 Å². The van der Waals surface area contributed by atoms with Gasteiger partial charge in [0.2, 0.25) is 15.9 Å². The second-order valence-electron chi connectivity index (χ2n) is 10.5. The molecule has 0 saturated heterocycles. The minimum Gasteiger partial charge on any atom is -0.369 e. The number of ketones is 1. The van der Waals surface area contributed by atoms with Gasteiger partial charge < -0.3 is 5.73 Å². The lowest BCUT2D eigenvalue weighted by molar-refractivity contribution is -0.152. The second-order valence-corrected chi connectivity index (χ2v) is 12.9. The van der Waals surface area contributed by atoms with Crippen LogP contribution in [0.3, 0.4) is 0 Å². The number of carbonyl (C=O) groups excluding carboxylic acids is 2. The van der Waals surface area contributed by atoms with E-state index in [-0.39, 0.29) is 32.5 Å². The average molecular weight is 499 g/mol. The molecule has 0 heterocycles. The molecule has 5 saturated carbocycles. The Morgan fingerprint density at radius 3 is 2.31 bits per heavy atom. The molecule has 5 fully saturated rings. The van der Waals surface area contributed by atoms with Gasteiger partial charge in [-0.05, 0) is 87.2 Å². The molecule has 4 bridgehead atoms. The fraction of sp³-hybridized carbons (Fsp3) is 0.652. The number of nitrogens with one attached hydrogen (secondary N) is 1. The molecule has 6 nitrogen and oxygen atoms in total. The van der Waals surface area contributed by atoms with Crippen molar-refractivity contribution < 1.29 is 18.0 Å². The summed E-state index contributed by atoms with van der Waals surface area (Å²) in [4.78, 5) is 25.6. The van der Waals surface area contributed by atoms with E-state index in [1.807, 2.05) is 0 Å². The van der Waals surface area contributed by atoms with Gasteiger partial charge >= 0.3 is 0 Å². The highest BCUT2D eigenvalue weighted by molar-refractivity contribution is 7.89.